The van der Waals surface area contributed by atoms with E-state index in [0.717, 1.165) is 0 Å². The van der Waals surface area contributed by atoms with Gasteiger partial charge in [0.05, 0.1) is 0 Å². The van der Waals surface area contributed by atoms with Gasteiger partial charge in [0.15, 0.2) is 12.2 Å². The normalized spacial score (nSPS) is 13.5. The summed E-state index contributed by atoms with van der Waals surface area (Å²) in [7, 11) is 0. The minimum Gasteiger partial charge on any atom is -0.479 e. The molecule has 102 valence electrons. The number of aliphatic hydroxyl groups is 2. The van der Waals surface area contributed by atoms with Crippen molar-refractivity contribution in [3.05, 3.63) is 0 Å². The van der Waals surface area contributed by atoms with Gasteiger partial charge in [0.2, 0.25) is 0 Å². The fourth-order valence-electron chi connectivity index (χ4n) is 1.14. The molecule has 0 aliphatic carbocycles. The second-order valence-electron chi connectivity index (χ2n) is 3.66. The molecule has 0 aromatic heterocycles. The van der Waals surface area contributed by atoms with Crippen LogP contribution < -0.4 is 0 Å². The van der Waals surface area contributed by atoms with E-state index >= 15 is 0 Å². The van der Waals surface area contributed by atoms with Crippen LogP contribution >= 0.6 is 0 Å². The summed E-state index contributed by atoms with van der Waals surface area (Å²) in [5.41, 5.74) is 0. The first kappa shape index (κ1) is 19.0. The van der Waals surface area contributed by atoms with Gasteiger partial charge in [-0.25, -0.2) is 9.59 Å². The van der Waals surface area contributed by atoms with Crippen molar-refractivity contribution in [2.45, 2.75) is 46.3 Å². The molecule has 2 atom stereocenters. The fourth-order valence-corrected chi connectivity index (χ4v) is 6.08. The Morgan fingerprint density at radius 3 is 1.18 bits per heavy atom. The van der Waals surface area contributed by atoms with Gasteiger partial charge in [0.1, 0.15) is 0 Å². The Balaban J connectivity index is 0. The number of aliphatic hydroxyl groups excluding tert-OH is 2. The zero-order valence-electron chi connectivity index (χ0n) is 10.5. The van der Waals surface area contributed by atoms with E-state index in [1.807, 2.05) is 0 Å². The molecule has 4 N–H and O–H groups in total. The van der Waals surface area contributed by atoms with Crippen LogP contribution in [0.15, 0.2) is 0 Å². The third kappa shape index (κ3) is 9.37. The molecule has 0 aliphatic heterocycles. The van der Waals surface area contributed by atoms with Crippen LogP contribution in [0, 0.1) is 0 Å². The van der Waals surface area contributed by atoms with Crippen LogP contribution in [0.4, 0.5) is 0 Å². The van der Waals surface area contributed by atoms with Gasteiger partial charge in [-0.15, -0.1) is 0 Å². The number of aliphatic carboxylic acids is 2. The first-order valence-corrected chi connectivity index (χ1v) is 12.6. The SMILES string of the molecule is C[CH2][SnH]([CH2]C)[CH2]C.O=C(O)C(O)C(O)C(=O)O. The van der Waals surface area contributed by atoms with Crippen LogP contribution in [0.3, 0.4) is 0 Å². The Kier molecular flexibility index (Phi) is 12.1. The van der Waals surface area contributed by atoms with Gasteiger partial charge in [0, 0.05) is 0 Å². The second kappa shape index (κ2) is 10.8. The molecule has 0 aliphatic rings. The van der Waals surface area contributed by atoms with E-state index in [9.17, 15) is 9.59 Å². The molecular formula is C10H22O6Sn. The van der Waals surface area contributed by atoms with E-state index < -0.39 is 43.9 Å². The quantitative estimate of drug-likeness (QED) is 0.503. The zero-order chi connectivity index (χ0) is 14.0. The van der Waals surface area contributed by atoms with E-state index in [1.54, 1.807) is 13.3 Å². The van der Waals surface area contributed by atoms with Crippen LogP contribution in [0.1, 0.15) is 20.8 Å². The maximum absolute atomic E-state index is 9.77. The second-order valence-corrected chi connectivity index (χ2v) is 15.6. The largest absolute Gasteiger partial charge is 0.479 e. The summed E-state index contributed by atoms with van der Waals surface area (Å²) in [5, 5.41) is 32.5. The number of rotatable bonds is 6. The predicted molar refractivity (Wildman–Crippen MR) is 65.9 cm³/mol. The van der Waals surface area contributed by atoms with Crippen LogP contribution in [0.2, 0.25) is 13.3 Å². The molecule has 0 saturated carbocycles. The number of carboxylic acids is 2. The van der Waals surface area contributed by atoms with E-state index in [1.165, 1.54) is 0 Å². The van der Waals surface area contributed by atoms with Gasteiger partial charge >= 0.3 is 65.8 Å². The van der Waals surface area contributed by atoms with Crippen molar-refractivity contribution in [3.8, 4) is 0 Å². The van der Waals surface area contributed by atoms with Crippen molar-refractivity contribution in [1.82, 2.24) is 0 Å². The topological polar surface area (TPSA) is 115 Å². The molecule has 0 heterocycles. The molecule has 0 amide bonds. The summed E-state index contributed by atoms with van der Waals surface area (Å²) in [4.78, 5) is 19.5. The summed E-state index contributed by atoms with van der Waals surface area (Å²) < 4.78 is 4.69. The molecule has 0 spiro atoms. The third-order valence-corrected chi connectivity index (χ3v) is 12.4. The summed E-state index contributed by atoms with van der Waals surface area (Å²) >= 11 is -0.764. The first-order valence-electron chi connectivity index (χ1n) is 5.63. The fraction of sp³-hybridized carbons (Fsp3) is 0.800. The molecule has 0 saturated heterocycles. The van der Waals surface area contributed by atoms with Gasteiger partial charge in [-0.3, -0.25) is 0 Å². The van der Waals surface area contributed by atoms with Crippen LogP contribution in [-0.2, 0) is 9.59 Å². The maximum atomic E-state index is 9.77. The van der Waals surface area contributed by atoms with E-state index in [-0.39, 0.29) is 0 Å². The summed E-state index contributed by atoms with van der Waals surface area (Å²) in [6.07, 6.45) is -4.53. The predicted octanol–water partition coefficient (Wildman–Crippen LogP) is 0.151. The zero-order valence-corrected chi connectivity index (χ0v) is 13.8. The van der Waals surface area contributed by atoms with E-state index in [4.69, 9.17) is 20.4 Å². The molecule has 0 aromatic rings. The van der Waals surface area contributed by atoms with Gasteiger partial charge in [-0.2, -0.15) is 0 Å². The summed E-state index contributed by atoms with van der Waals surface area (Å²) in [5.74, 6) is -3.54. The summed E-state index contributed by atoms with van der Waals surface area (Å²) in [6, 6.07) is 0. The molecule has 0 aromatic carbocycles. The number of carboxylic acid groups (broad SMARTS) is 2. The molecule has 7 heteroatoms. The van der Waals surface area contributed by atoms with Gasteiger partial charge < -0.3 is 20.4 Å². The van der Waals surface area contributed by atoms with Crippen molar-refractivity contribution in [2.24, 2.45) is 0 Å². The molecule has 0 radical (unpaired) electrons. The molecule has 2 unspecified atom stereocenters. The minimum absolute atomic E-state index is 0.764. The van der Waals surface area contributed by atoms with Crippen molar-refractivity contribution >= 4 is 31.7 Å². The van der Waals surface area contributed by atoms with Crippen molar-refractivity contribution in [3.63, 3.8) is 0 Å². The average molecular weight is 357 g/mol. The standard InChI is InChI=1S/C4H6O6.3C2H5.Sn.H/c5-1(3(7)8)2(6)4(9)10;3*1-2;;/h1-2,5-6H,(H,7,8)(H,9,10);3*1H2,2H3;;. The van der Waals surface area contributed by atoms with Gasteiger partial charge in [0.25, 0.3) is 0 Å². The van der Waals surface area contributed by atoms with Crippen LogP contribution in [0.25, 0.3) is 0 Å². The average Bonchev–Trinajstić information content (AvgIpc) is 2.30. The Labute approximate surface area is 108 Å². The van der Waals surface area contributed by atoms with Gasteiger partial charge in [-0.1, -0.05) is 0 Å². The minimum atomic E-state index is -2.27. The monoisotopic (exact) mass is 358 g/mol. The number of carbonyl (C=O) groups is 2. The van der Waals surface area contributed by atoms with Gasteiger partial charge in [-0.05, 0) is 0 Å². The number of hydrogen-bond acceptors (Lipinski definition) is 4. The molecule has 17 heavy (non-hydrogen) atoms. The van der Waals surface area contributed by atoms with Crippen LogP contribution in [0.5, 0.6) is 0 Å². The smallest absolute Gasteiger partial charge is 0.335 e. The Morgan fingerprint density at radius 1 is 0.882 bits per heavy atom. The molecule has 0 fully saturated rings. The molecular weight excluding hydrogens is 335 g/mol. The van der Waals surface area contributed by atoms with E-state index in [2.05, 4.69) is 20.8 Å². The molecule has 0 bridgehead atoms. The Bertz CT molecular complexity index is 205. The van der Waals surface area contributed by atoms with E-state index in [0.29, 0.717) is 0 Å². The third-order valence-electron chi connectivity index (χ3n) is 2.54. The molecule has 0 rings (SSSR count). The Morgan fingerprint density at radius 2 is 1.12 bits per heavy atom. The number of hydrogen-bond donors (Lipinski definition) is 4. The molecule has 6 nitrogen and oxygen atoms in total. The summed E-state index contributed by atoms with van der Waals surface area (Å²) in [6.45, 7) is 7.06. The van der Waals surface area contributed by atoms with Crippen molar-refractivity contribution in [2.75, 3.05) is 0 Å². The van der Waals surface area contributed by atoms with Crippen molar-refractivity contribution < 1.29 is 30.0 Å². The maximum Gasteiger partial charge on any atom is 0.335 e. The first-order chi connectivity index (χ1) is 7.81. The van der Waals surface area contributed by atoms with Crippen molar-refractivity contribution in [1.29, 1.82) is 0 Å². The van der Waals surface area contributed by atoms with Crippen LogP contribution in [-0.4, -0.2) is 64.3 Å². The Hall–Kier alpha value is -0.341.